The average Bonchev–Trinajstić information content (AvgIpc) is 3.08. The molecule has 0 spiro atoms. The van der Waals surface area contributed by atoms with Gasteiger partial charge in [0.1, 0.15) is 18.4 Å². The van der Waals surface area contributed by atoms with E-state index >= 15 is 0 Å². The van der Waals surface area contributed by atoms with E-state index in [1.54, 1.807) is 38.3 Å². The van der Waals surface area contributed by atoms with Crippen molar-refractivity contribution in [1.82, 2.24) is 10.6 Å². The molecule has 2 amide bonds. The van der Waals surface area contributed by atoms with Gasteiger partial charge in [-0.05, 0) is 31.9 Å². The molecule has 1 aromatic carbocycles. The van der Waals surface area contributed by atoms with Crippen molar-refractivity contribution in [2.45, 2.75) is 44.7 Å². The van der Waals surface area contributed by atoms with Crippen molar-refractivity contribution < 1.29 is 19.1 Å². The number of hydrogen-bond donors (Lipinski definition) is 2. The molecule has 1 saturated carbocycles. The monoisotopic (exact) mass is 334 g/mol. The van der Waals surface area contributed by atoms with Gasteiger partial charge in [0.2, 0.25) is 5.91 Å². The second kappa shape index (κ2) is 9.27. The number of methoxy groups -OCH3 is 1. The molecule has 1 aliphatic carbocycles. The molecule has 132 valence electrons. The first-order valence-corrected chi connectivity index (χ1v) is 8.44. The molecule has 0 radical (unpaired) electrons. The van der Waals surface area contributed by atoms with Gasteiger partial charge in [-0.1, -0.05) is 25.0 Å². The normalized spacial score (nSPS) is 15.8. The largest absolute Gasteiger partial charge is 0.490 e. The fourth-order valence-electron chi connectivity index (χ4n) is 2.75. The summed E-state index contributed by atoms with van der Waals surface area (Å²) in [4.78, 5) is 24.6. The van der Waals surface area contributed by atoms with E-state index in [9.17, 15) is 9.59 Å². The summed E-state index contributed by atoms with van der Waals surface area (Å²) in [5, 5.41) is 5.73. The van der Waals surface area contributed by atoms with Crippen molar-refractivity contribution in [3.05, 3.63) is 29.8 Å². The molecule has 6 heteroatoms. The maximum atomic E-state index is 12.4. The Kier molecular flexibility index (Phi) is 7.06. The van der Waals surface area contributed by atoms with E-state index in [0.717, 1.165) is 25.7 Å². The van der Waals surface area contributed by atoms with Crippen LogP contribution in [0, 0.1) is 0 Å². The summed E-state index contributed by atoms with van der Waals surface area (Å²) in [7, 11) is 1.59. The summed E-state index contributed by atoms with van der Waals surface area (Å²) < 4.78 is 10.5. The zero-order valence-corrected chi connectivity index (χ0v) is 14.3. The summed E-state index contributed by atoms with van der Waals surface area (Å²) in [6.45, 7) is 2.49. The van der Waals surface area contributed by atoms with Crippen molar-refractivity contribution in [1.29, 1.82) is 0 Å². The number of para-hydroxylation sites is 1. The Morgan fingerprint density at radius 1 is 1.21 bits per heavy atom. The standard InChI is InChI=1S/C18H26N2O4/c1-13(17(21)20-14-7-3-4-8-14)19-18(22)15-9-5-6-10-16(15)24-12-11-23-2/h5-6,9-10,13-14H,3-4,7-8,11-12H2,1-2H3,(H,19,22)(H,20,21)/t13-/m1/s1. The van der Waals surface area contributed by atoms with Crippen LogP contribution in [0.4, 0.5) is 0 Å². The van der Waals surface area contributed by atoms with Gasteiger partial charge in [0.25, 0.3) is 5.91 Å². The van der Waals surface area contributed by atoms with Crippen molar-refractivity contribution >= 4 is 11.8 Å². The van der Waals surface area contributed by atoms with Gasteiger partial charge < -0.3 is 20.1 Å². The second-order valence-electron chi connectivity index (χ2n) is 6.02. The van der Waals surface area contributed by atoms with Gasteiger partial charge in [0, 0.05) is 13.2 Å². The topological polar surface area (TPSA) is 76.7 Å². The Hall–Kier alpha value is -2.08. The Balaban J connectivity index is 1.92. The minimum atomic E-state index is -0.592. The maximum Gasteiger partial charge on any atom is 0.255 e. The van der Waals surface area contributed by atoms with Crippen molar-refractivity contribution in [2.24, 2.45) is 0 Å². The van der Waals surface area contributed by atoms with Gasteiger partial charge in [-0.3, -0.25) is 9.59 Å². The number of hydrogen-bond acceptors (Lipinski definition) is 4. The molecule has 0 unspecified atom stereocenters. The van der Waals surface area contributed by atoms with Crippen LogP contribution in [-0.2, 0) is 9.53 Å². The van der Waals surface area contributed by atoms with Gasteiger partial charge in [0.15, 0.2) is 0 Å². The minimum absolute atomic E-state index is 0.145. The molecule has 2 N–H and O–H groups in total. The molecule has 1 atom stereocenters. The van der Waals surface area contributed by atoms with Gasteiger partial charge in [-0.25, -0.2) is 0 Å². The molecule has 24 heavy (non-hydrogen) atoms. The number of rotatable bonds is 8. The predicted octanol–water partition coefficient (Wildman–Crippen LogP) is 1.89. The first-order valence-electron chi connectivity index (χ1n) is 8.44. The Morgan fingerprint density at radius 3 is 2.62 bits per heavy atom. The molecular formula is C18H26N2O4. The molecular weight excluding hydrogens is 308 g/mol. The molecule has 6 nitrogen and oxygen atoms in total. The maximum absolute atomic E-state index is 12.4. The zero-order chi connectivity index (χ0) is 17.4. The van der Waals surface area contributed by atoms with Gasteiger partial charge in [0.05, 0.1) is 12.2 Å². The summed E-state index contributed by atoms with van der Waals surface area (Å²) in [5.74, 6) is 0.0144. The quantitative estimate of drug-likeness (QED) is 0.712. The molecule has 0 aromatic heterocycles. The highest BCUT2D eigenvalue weighted by molar-refractivity contribution is 5.99. The van der Waals surface area contributed by atoms with Gasteiger partial charge >= 0.3 is 0 Å². The smallest absolute Gasteiger partial charge is 0.255 e. The van der Waals surface area contributed by atoms with Crippen LogP contribution in [0.1, 0.15) is 43.0 Å². The van der Waals surface area contributed by atoms with Crippen LogP contribution in [0.25, 0.3) is 0 Å². The van der Waals surface area contributed by atoms with E-state index in [-0.39, 0.29) is 17.9 Å². The molecule has 0 saturated heterocycles. The highest BCUT2D eigenvalue weighted by Crippen LogP contribution is 2.19. The van der Waals surface area contributed by atoms with Crippen molar-refractivity contribution in [2.75, 3.05) is 20.3 Å². The minimum Gasteiger partial charge on any atom is -0.490 e. The van der Waals surface area contributed by atoms with Crippen LogP contribution in [0.2, 0.25) is 0 Å². The summed E-state index contributed by atoms with van der Waals surface area (Å²) in [6, 6.07) is 6.62. The lowest BCUT2D eigenvalue weighted by Crippen LogP contribution is -2.47. The molecule has 0 heterocycles. The fourth-order valence-corrected chi connectivity index (χ4v) is 2.75. The number of carbonyl (C=O) groups is 2. The van der Waals surface area contributed by atoms with E-state index in [1.807, 2.05) is 0 Å². The van der Waals surface area contributed by atoms with Crippen LogP contribution >= 0.6 is 0 Å². The average molecular weight is 334 g/mol. The Bertz CT molecular complexity index is 556. The van der Waals surface area contributed by atoms with Crippen molar-refractivity contribution in [3.8, 4) is 5.75 Å². The molecule has 1 fully saturated rings. The third-order valence-electron chi connectivity index (χ3n) is 4.12. The third-order valence-corrected chi connectivity index (χ3v) is 4.12. The lowest BCUT2D eigenvalue weighted by Gasteiger charge is -2.18. The van der Waals surface area contributed by atoms with Crippen LogP contribution in [0.3, 0.4) is 0 Å². The lowest BCUT2D eigenvalue weighted by atomic mass is 10.1. The highest BCUT2D eigenvalue weighted by Gasteiger charge is 2.23. The van der Waals surface area contributed by atoms with Gasteiger partial charge in [-0.15, -0.1) is 0 Å². The van der Waals surface area contributed by atoms with E-state index in [2.05, 4.69) is 10.6 Å². The predicted molar refractivity (Wildman–Crippen MR) is 91.1 cm³/mol. The van der Waals surface area contributed by atoms with E-state index < -0.39 is 6.04 Å². The van der Waals surface area contributed by atoms with Crippen LogP contribution in [0.15, 0.2) is 24.3 Å². The fraction of sp³-hybridized carbons (Fsp3) is 0.556. The molecule has 2 rings (SSSR count). The summed E-state index contributed by atoms with van der Waals surface area (Å²) in [6.07, 6.45) is 4.33. The van der Waals surface area contributed by atoms with E-state index in [0.29, 0.717) is 24.5 Å². The summed E-state index contributed by atoms with van der Waals surface area (Å²) in [5.41, 5.74) is 0.411. The number of nitrogens with one attached hydrogen (secondary N) is 2. The Labute approximate surface area is 142 Å². The highest BCUT2D eigenvalue weighted by atomic mass is 16.5. The number of ether oxygens (including phenoxy) is 2. The van der Waals surface area contributed by atoms with Crippen LogP contribution < -0.4 is 15.4 Å². The van der Waals surface area contributed by atoms with Crippen LogP contribution in [0.5, 0.6) is 5.75 Å². The lowest BCUT2D eigenvalue weighted by molar-refractivity contribution is -0.123. The number of benzene rings is 1. The zero-order valence-electron chi connectivity index (χ0n) is 14.3. The first-order chi connectivity index (χ1) is 11.6. The van der Waals surface area contributed by atoms with Crippen molar-refractivity contribution in [3.63, 3.8) is 0 Å². The Morgan fingerprint density at radius 2 is 1.92 bits per heavy atom. The second-order valence-corrected chi connectivity index (χ2v) is 6.02. The molecule has 0 aliphatic heterocycles. The van der Waals surface area contributed by atoms with Gasteiger partial charge in [-0.2, -0.15) is 0 Å². The van der Waals surface area contributed by atoms with E-state index in [1.165, 1.54) is 0 Å². The van der Waals surface area contributed by atoms with E-state index in [4.69, 9.17) is 9.47 Å². The third kappa shape index (κ3) is 5.23. The molecule has 0 bridgehead atoms. The molecule has 1 aliphatic rings. The number of amides is 2. The summed E-state index contributed by atoms with van der Waals surface area (Å²) >= 11 is 0. The molecule has 1 aromatic rings. The first kappa shape index (κ1) is 18.3. The van der Waals surface area contributed by atoms with Crippen LogP contribution in [-0.4, -0.2) is 44.2 Å². The number of carbonyl (C=O) groups excluding carboxylic acids is 2. The SMILES string of the molecule is COCCOc1ccccc1C(=O)N[C@H](C)C(=O)NC1CCCC1.